The zero-order valence-corrected chi connectivity index (χ0v) is 10.8. The number of carbonyl (C=O) groups excluding carboxylic acids is 1. The van der Waals surface area contributed by atoms with Gasteiger partial charge in [-0.25, -0.2) is 0 Å². The van der Waals surface area contributed by atoms with Crippen LogP contribution in [0.5, 0.6) is 5.75 Å². The summed E-state index contributed by atoms with van der Waals surface area (Å²) in [5.41, 5.74) is -0.0383. The number of guanidine groups is 1. The predicted molar refractivity (Wildman–Crippen MR) is 69.6 cm³/mol. The van der Waals surface area contributed by atoms with Crippen molar-refractivity contribution in [2.24, 2.45) is 4.99 Å². The van der Waals surface area contributed by atoms with Crippen LogP contribution in [0.15, 0.2) is 29.3 Å². The molecule has 1 unspecified atom stereocenters. The van der Waals surface area contributed by atoms with Crippen LogP contribution in [-0.4, -0.2) is 25.5 Å². The van der Waals surface area contributed by atoms with E-state index in [2.05, 4.69) is 15.6 Å². The molecule has 2 rings (SSSR count). The molecule has 0 bridgehead atoms. The van der Waals surface area contributed by atoms with Crippen molar-refractivity contribution < 1.29 is 9.53 Å². The Morgan fingerprint density at radius 1 is 1.39 bits per heavy atom. The molecule has 1 aromatic rings. The van der Waals surface area contributed by atoms with Crippen LogP contribution in [0.25, 0.3) is 0 Å². The number of hydrogen-bond acceptors (Lipinski definition) is 3. The molecule has 5 nitrogen and oxygen atoms in total. The molecular weight excluding hydrogens is 230 g/mol. The highest BCUT2D eigenvalue weighted by molar-refractivity contribution is 6.09. The maximum absolute atomic E-state index is 12.1. The fourth-order valence-corrected chi connectivity index (χ4v) is 2.02. The van der Waals surface area contributed by atoms with Gasteiger partial charge in [0.25, 0.3) is 5.91 Å². The van der Waals surface area contributed by atoms with Gasteiger partial charge in [-0.05, 0) is 19.9 Å². The molecule has 0 aliphatic carbocycles. The van der Waals surface area contributed by atoms with Crippen LogP contribution in [0.1, 0.15) is 19.4 Å². The van der Waals surface area contributed by atoms with Crippen LogP contribution in [0, 0.1) is 0 Å². The molecule has 1 saturated heterocycles. The minimum absolute atomic E-state index is 0.129. The molecule has 18 heavy (non-hydrogen) atoms. The fourth-order valence-electron chi connectivity index (χ4n) is 2.02. The van der Waals surface area contributed by atoms with E-state index in [1.165, 1.54) is 0 Å². The lowest BCUT2D eigenvalue weighted by molar-refractivity contribution is -0.123. The number of nitrogens with zero attached hydrogens (tertiary/aromatic N) is 1. The fraction of sp³-hybridized carbons (Fsp3) is 0.385. The number of para-hydroxylation sites is 1. The Morgan fingerprint density at radius 3 is 2.72 bits per heavy atom. The predicted octanol–water partition coefficient (Wildman–Crippen LogP) is 1.01. The molecule has 1 aromatic carbocycles. The van der Waals surface area contributed by atoms with Gasteiger partial charge in [0.05, 0.1) is 6.61 Å². The van der Waals surface area contributed by atoms with Gasteiger partial charge in [0.2, 0.25) is 0 Å². The zero-order chi connectivity index (χ0) is 13.2. The minimum Gasteiger partial charge on any atom is -0.493 e. The first-order chi connectivity index (χ1) is 8.61. The van der Waals surface area contributed by atoms with Crippen LogP contribution < -0.4 is 15.4 Å². The third-order valence-corrected chi connectivity index (χ3v) is 3.00. The molecule has 2 N–H and O–H groups in total. The lowest BCUT2D eigenvalue weighted by Gasteiger charge is -2.24. The highest BCUT2D eigenvalue weighted by Crippen LogP contribution is 2.32. The van der Waals surface area contributed by atoms with Gasteiger partial charge in [-0.3, -0.25) is 15.1 Å². The van der Waals surface area contributed by atoms with Crippen LogP contribution in [0.2, 0.25) is 0 Å². The van der Waals surface area contributed by atoms with E-state index >= 15 is 0 Å². The summed E-state index contributed by atoms with van der Waals surface area (Å²) in [6.07, 6.45) is 0. The maximum atomic E-state index is 12.1. The van der Waals surface area contributed by atoms with Crippen LogP contribution >= 0.6 is 0 Å². The average molecular weight is 247 g/mol. The molecule has 1 atom stereocenters. The summed E-state index contributed by atoms with van der Waals surface area (Å²) in [6, 6.07) is 7.52. The maximum Gasteiger partial charge on any atom is 0.256 e. The highest BCUT2D eigenvalue weighted by atomic mass is 16.5. The topological polar surface area (TPSA) is 62.7 Å². The number of aliphatic imine (C=N–C) groups is 1. The SMILES string of the molecule is CCOc1ccccc1C1(C)NC(=NC)NC1=O. The van der Waals surface area contributed by atoms with E-state index in [9.17, 15) is 4.79 Å². The Hall–Kier alpha value is -2.04. The van der Waals surface area contributed by atoms with E-state index in [1.54, 1.807) is 7.05 Å². The molecule has 1 heterocycles. The average Bonchev–Trinajstić information content (AvgIpc) is 2.67. The molecule has 1 aliphatic rings. The van der Waals surface area contributed by atoms with Crippen molar-refractivity contribution in [2.75, 3.05) is 13.7 Å². The van der Waals surface area contributed by atoms with Gasteiger partial charge >= 0.3 is 0 Å². The summed E-state index contributed by atoms with van der Waals surface area (Å²) in [5.74, 6) is 1.06. The van der Waals surface area contributed by atoms with Gasteiger partial charge in [0.15, 0.2) is 5.96 Å². The van der Waals surface area contributed by atoms with E-state index in [0.717, 1.165) is 5.56 Å². The Bertz CT molecular complexity index is 499. The smallest absolute Gasteiger partial charge is 0.256 e. The lowest BCUT2D eigenvalue weighted by Crippen LogP contribution is -2.41. The minimum atomic E-state index is -0.847. The van der Waals surface area contributed by atoms with E-state index < -0.39 is 5.54 Å². The number of hydrogen-bond donors (Lipinski definition) is 2. The Labute approximate surface area is 106 Å². The number of benzene rings is 1. The van der Waals surface area contributed by atoms with Gasteiger partial charge in [-0.2, -0.15) is 0 Å². The Kier molecular flexibility index (Phi) is 3.23. The van der Waals surface area contributed by atoms with Gasteiger partial charge < -0.3 is 10.1 Å². The molecule has 0 saturated carbocycles. The van der Waals surface area contributed by atoms with E-state index in [-0.39, 0.29) is 5.91 Å². The van der Waals surface area contributed by atoms with Crippen molar-refractivity contribution in [3.63, 3.8) is 0 Å². The van der Waals surface area contributed by atoms with Crippen LogP contribution in [0.4, 0.5) is 0 Å². The number of nitrogens with one attached hydrogen (secondary N) is 2. The van der Waals surface area contributed by atoms with Crippen molar-refractivity contribution in [1.82, 2.24) is 10.6 Å². The summed E-state index contributed by atoms with van der Waals surface area (Å²) in [7, 11) is 1.63. The van der Waals surface area contributed by atoms with Crippen molar-refractivity contribution in [3.8, 4) is 5.75 Å². The summed E-state index contributed by atoms with van der Waals surface area (Å²) in [5, 5.41) is 5.80. The molecular formula is C13H17N3O2. The first-order valence-corrected chi connectivity index (χ1v) is 5.90. The van der Waals surface area contributed by atoms with Gasteiger partial charge in [0, 0.05) is 12.6 Å². The van der Waals surface area contributed by atoms with E-state index in [0.29, 0.717) is 18.3 Å². The van der Waals surface area contributed by atoms with Gasteiger partial charge in [0.1, 0.15) is 11.3 Å². The third kappa shape index (κ3) is 1.92. The zero-order valence-electron chi connectivity index (χ0n) is 10.8. The second kappa shape index (κ2) is 4.68. The number of amides is 1. The molecule has 1 amide bonds. The van der Waals surface area contributed by atoms with Gasteiger partial charge in [-0.15, -0.1) is 0 Å². The second-order valence-corrected chi connectivity index (χ2v) is 4.21. The Balaban J connectivity index is 2.45. The monoisotopic (exact) mass is 247 g/mol. The normalized spacial score (nSPS) is 24.8. The second-order valence-electron chi connectivity index (χ2n) is 4.21. The number of ether oxygens (including phenoxy) is 1. The molecule has 5 heteroatoms. The summed E-state index contributed by atoms with van der Waals surface area (Å²) in [6.45, 7) is 4.29. The van der Waals surface area contributed by atoms with Gasteiger partial charge in [-0.1, -0.05) is 18.2 Å². The quantitative estimate of drug-likeness (QED) is 0.837. The third-order valence-electron chi connectivity index (χ3n) is 3.00. The summed E-state index contributed by atoms with van der Waals surface area (Å²) >= 11 is 0. The number of carbonyl (C=O) groups is 1. The highest BCUT2D eigenvalue weighted by Gasteiger charge is 2.43. The molecule has 0 aromatic heterocycles. The van der Waals surface area contributed by atoms with E-state index in [4.69, 9.17) is 4.74 Å². The number of rotatable bonds is 3. The summed E-state index contributed by atoms with van der Waals surface area (Å²) < 4.78 is 5.57. The largest absolute Gasteiger partial charge is 0.493 e. The first kappa shape index (κ1) is 12.4. The van der Waals surface area contributed by atoms with Crippen molar-refractivity contribution in [3.05, 3.63) is 29.8 Å². The summed E-state index contributed by atoms with van der Waals surface area (Å²) in [4.78, 5) is 16.1. The first-order valence-electron chi connectivity index (χ1n) is 5.90. The van der Waals surface area contributed by atoms with Crippen molar-refractivity contribution >= 4 is 11.9 Å². The van der Waals surface area contributed by atoms with E-state index in [1.807, 2.05) is 38.1 Å². The molecule has 96 valence electrons. The molecule has 0 radical (unpaired) electrons. The molecule has 1 fully saturated rings. The molecule has 1 aliphatic heterocycles. The van der Waals surface area contributed by atoms with Crippen molar-refractivity contribution in [1.29, 1.82) is 0 Å². The Morgan fingerprint density at radius 2 is 2.11 bits per heavy atom. The van der Waals surface area contributed by atoms with Crippen LogP contribution in [0.3, 0.4) is 0 Å². The standard InChI is InChI=1S/C13H17N3O2/c1-4-18-10-8-6-5-7-9(10)13(2)11(17)15-12(14-3)16-13/h5-8H,4H2,1-3H3,(H2,14,15,16,17). The lowest BCUT2D eigenvalue weighted by atomic mass is 9.91. The van der Waals surface area contributed by atoms with Crippen molar-refractivity contribution in [2.45, 2.75) is 19.4 Å². The van der Waals surface area contributed by atoms with Crippen LogP contribution in [-0.2, 0) is 10.3 Å². The molecule has 0 spiro atoms.